The average Bonchev–Trinajstić information content (AvgIpc) is 2.26. The number of benzene rings is 1. The summed E-state index contributed by atoms with van der Waals surface area (Å²) in [6.07, 6.45) is 0. The van der Waals surface area contributed by atoms with Crippen LogP contribution in [-0.4, -0.2) is 23.8 Å². The van der Waals surface area contributed by atoms with Crippen LogP contribution in [0.5, 0.6) is 0 Å². The SMILES string of the molecule is CNC(=O)c1cccc([N+](=O)[O-])c1C(N)=O. The highest BCUT2D eigenvalue weighted by Crippen LogP contribution is 2.21. The minimum atomic E-state index is -1.01. The van der Waals surface area contributed by atoms with Gasteiger partial charge >= 0.3 is 0 Å². The number of hydrogen-bond donors (Lipinski definition) is 2. The van der Waals surface area contributed by atoms with E-state index in [9.17, 15) is 19.7 Å². The average molecular weight is 223 g/mol. The highest BCUT2D eigenvalue weighted by molar-refractivity contribution is 6.09. The molecule has 7 nitrogen and oxygen atoms in total. The summed E-state index contributed by atoms with van der Waals surface area (Å²) in [5, 5.41) is 12.9. The van der Waals surface area contributed by atoms with Crippen LogP contribution >= 0.6 is 0 Å². The molecule has 0 saturated heterocycles. The lowest BCUT2D eigenvalue weighted by molar-refractivity contribution is -0.385. The minimum absolute atomic E-state index is 0.107. The fourth-order valence-corrected chi connectivity index (χ4v) is 1.28. The topological polar surface area (TPSA) is 115 Å². The molecule has 0 unspecified atom stereocenters. The third-order valence-electron chi connectivity index (χ3n) is 1.96. The lowest BCUT2D eigenvalue weighted by atomic mass is 10.0. The summed E-state index contributed by atoms with van der Waals surface area (Å²) in [6, 6.07) is 3.73. The van der Waals surface area contributed by atoms with Crippen LogP contribution in [0.25, 0.3) is 0 Å². The zero-order chi connectivity index (χ0) is 12.3. The standard InChI is InChI=1S/C9H9N3O4/c1-11-9(14)5-3-2-4-6(12(15)16)7(5)8(10)13/h2-4H,1H3,(H2,10,13)(H,11,14). The smallest absolute Gasteiger partial charge is 0.282 e. The molecule has 0 aromatic heterocycles. The molecular formula is C9H9N3O4. The van der Waals surface area contributed by atoms with E-state index in [0.717, 1.165) is 6.07 Å². The number of nitrogens with zero attached hydrogens (tertiary/aromatic N) is 1. The molecule has 0 saturated carbocycles. The number of carbonyl (C=O) groups excluding carboxylic acids is 2. The summed E-state index contributed by atoms with van der Waals surface area (Å²) in [4.78, 5) is 32.4. The predicted octanol–water partition coefficient (Wildman–Crippen LogP) is 0.0533. The van der Waals surface area contributed by atoms with E-state index in [2.05, 4.69) is 5.32 Å². The van der Waals surface area contributed by atoms with Crippen LogP contribution in [0, 0.1) is 10.1 Å². The summed E-state index contributed by atoms with van der Waals surface area (Å²) in [5.41, 5.74) is 4.05. The molecule has 0 aliphatic heterocycles. The van der Waals surface area contributed by atoms with Gasteiger partial charge in [0.2, 0.25) is 0 Å². The maximum absolute atomic E-state index is 11.4. The van der Waals surface area contributed by atoms with E-state index in [0.29, 0.717) is 0 Å². The molecule has 3 N–H and O–H groups in total. The summed E-state index contributed by atoms with van der Waals surface area (Å²) in [7, 11) is 1.35. The van der Waals surface area contributed by atoms with Gasteiger partial charge < -0.3 is 11.1 Å². The van der Waals surface area contributed by atoms with Gasteiger partial charge in [0.1, 0.15) is 5.56 Å². The van der Waals surface area contributed by atoms with E-state index in [4.69, 9.17) is 5.73 Å². The molecule has 0 spiro atoms. The largest absolute Gasteiger partial charge is 0.365 e. The molecule has 16 heavy (non-hydrogen) atoms. The van der Waals surface area contributed by atoms with Gasteiger partial charge in [0.15, 0.2) is 0 Å². The van der Waals surface area contributed by atoms with Crippen LogP contribution in [0.2, 0.25) is 0 Å². The van der Waals surface area contributed by atoms with Crippen molar-refractivity contribution in [2.45, 2.75) is 0 Å². The van der Waals surface area contributed by atoms with Crippen molar-refractivity contribution in [3.63, 3.8) is 0 Å². The molecule has 0 bridgehead atoms. The number of carbonyl (C=O) groups is 2. The number of amides is 2. The predicted molar refractivity (Wildman–Crippen MR) is 55.0 cm³/mol. The van der Waals surface area contributed by atoms with Crippen molar-refractivity contribution in [1.82, 2.24) is 5.32 Å². The molecule has 0 fully saturated rings. The first kappa shape index (κ1) is 11.6. The molecular weight excluding hydrogens is 214 g/mol. The monoisotopic (exact) mass is 223 g/mol. The Morgan fingerprint density at radius 1 is 1.44 bits per heavy atom. The van der Waals surface area contributed by atoms with E-state index < -0.39 is 22.4 Å². The minimum Gasteiger partial charge on any atom is -0.365 e. The fraction of sp³-hybridized carbons (Fsp3) is 0.111. The molecule has 2 amide bonds. The van der Waals surface area contributed by atoms with Gasteiger partial charge in [-0.25, -0.2) is 0 Å². The molecule has 84 valence electrons. The molecule has 1 aromatic rings. The van der Waals surface area contributed by atoms with E-state index in [-0.39, 0.29) is 11.1 Å². The van der Waals surface area contributed by atoms with Crippen LogP contribution in [0.15, 0.2) is 18.2 Å². The maximum Gasteiger partial charge on any atom is 0.282 e. The van der Waals surface area contributed by atoms with Gasteiger partial charge in [-0.3, -0.25) is 19.7 Å². The van der Waals surface area contributed by atoms with E-state index >= 15 is 0 Å². The Balaban J connectivity index is 3.51. The number of rotatable bonds is 3. The first-order chi connectivity index (χ1) is 7.49. The lowest BCUT2D eigenvalue weighted by Crippen LogP contribution is -2.24. The highest BCUT2D eigenvalue weighted by atomic mass is 16.6. The first-order valence-corrected chi connectivity index (χ1v) is 4.28. The van der Waals surface area contributed by atoms with Gasteiger partial charge in [-0.2, -0.15) is 0 Å². The summed E-state index contributed by atoms with van der Waals surface area (Å²) in [6.45, 7) is 0. The number of nitro groups is 1. The normalized spacial score (nSPS) is 9.56. The van der Waals surface area contributed by atoms with Crippen LogP contribution in [0.1, 0.15) is 20.7 Å². The molecule has 1 aromatic carbocycles. The second-order valence-electron chi connectivity index (χ2n) is 2.90. The molecule has 1 rings (SSSR count). The van der Waals surface area contributed by atoms with Gasteiger partial charge in [0, 0.05) is 13.1 Å². The lowest BCUT2D eigenvalue weighted by Gasteiger charge is -2.05. The Bertz CT molecular complexity index is 470. The third-order valence-corrected chi connectivity index (χ3v) is 1.96. The molecule has 0 aliphatic rings. The Labute approximate surface area is 90.4 Å². The highest BCUT2D eigenvalue weighted by Gasteiger charge is 2.24. The van der Waals surface area contributed by atoms with Crippen LogP contribution in [0.3, 0.4) is 0 Å². The van der Waals surface area contributed by atoms with Crippen molar-refractivity contribution >= 4 is 17.5 Å². The second-order valence-corrected chi connectivity index (χ2v) is 2.90. The zero-order valence-electron chi connectivity index (χ0n) is 8.39. The first-order valence-electron chi connectivity index (χ1n) is 4.28. The van der Waals surface area contributed by atoms with Crippen molar-refractivity contribution in [1.29, 1.82) is 0 Å². The van der Waals surface area contributed by atoms with E-state index in [1.807, 2.05) is 0 Å². The fourth-order valence-electron chi connectivity index (χ4n) is 1.28. The number of hydrogen-bond acceptors (Lipinski definition) is 4. The number of nitro benzene ring substituents is 1. The van der Waals surface area contributed by atoms with Crippen molar-refractivity contribution < 1.29 is 14.5 Å². The Morgan fingerprint density at radius 2 is 2.06 bits per heavy atom. The van der Waals surface area contributed by atoms with Crippen LogP contribution in [0.4, 0.5) is 5.69 Å². The van der Waals surface area contributed by atoms with Crippen molar-refractivity contribution in [2.24, 2.45) is 5.73 Å². The maximum atomic E-state index is 11.4. The van der Waals surface area contributed by atoms with E-state index in [1.165, 1.54) is 19.2 Å². The van der Waals surface area contributed by atoms with Gasteiger partial charge in [-0.1, -0.05) is 6.07 Å². The molecule has 0 atom stereocenters. The third kappa shape index (κ3) is 1.97. The molecule has 7 heteroatoms. The molecule has 0 heterocycles. The van der Waals surface area contributed by atoms with Crippen molar-refractivity contribution in [3.05, 3.63) is 39.4 Å². The quantitative estimate of drug-likeness (QED) is 0.556. The van der Waals surface area contributed by atoms with Crippen molar-refractivity contribution in [3.8, 4) is 0 Å². The van der Waals surface area contributed by atoms with Gasteiger partial charge in [0.25, 0.3) is 17.5 Å². The van der Waals surface area contributed by atoms with Gasteiger partial charge in [0.05, 0.1) is 10.5 Å². The Kier molecular flexibility index (Phi) is 3.19. The van der Waals surface area contributed by atoms with Crippen LogP contribution in [-0.2, 0) is 0 Å². The summed E-state index contributed by atoms with van der Waals surface area (Å²) < 4.78 is 0. The second kappa shape index (κ2) is 4.39. The Hall–Kier alpha value is -2.44. The number of nitrogens with two attached hydrogens (primary N) is 1. The molecule has 0 aliphatic carbocycles. The van der Waals surface area contributed by atoms with Gasteiger partial charge in [-0.05, 0) is 6.07 Å². The number of primary amides is 1. The van der Waals surface area contributed by atoms with Crippen LogP contribution < -0.4 is 11.1 Å². The van der Waals surface area contributed by atoms with Crippen molar-refractivity contribution in [2.75, 3.05) is 7.05 Å². The van der Waals surface area contributed by atoms with E-state index in [1.54, 1.807) is 0 Å². The summed E-state index contributed by atoms with van der Waals surface area (Å²) >= 11 is 0. The molecule has 0 radical (unpaired) electrons. The Morgan fingerprint density at radius 3 is 2.50 bits per heavy atom. The van der Waals surface area contributed by atoms with Gasteiger partial charge in [-0.15, -0.1) is 0 Å². The summed E-state index contributed by atoms with van der Waals surface area (Å²) in [5.74, 6) is -1.61. The zero-order valence-corrected chi connectivity index (χ0v) is 8.39. The number of nitrogens with one attached hydrogen (secondary N) is 1.